The monoisotopic (exact) mass is 272 g/mol. The third-order valence-electron chi connectivity index (χ3n) is 2.73. The quantitative estimate of drug-likeness (QED) is 0.929. The van der Waals surface area contributed by atoms with Gasteiger partial charge in [-0.15, -0.1) is 0 Å². The van der Waals surface area contributed by atoms with Gasteiger partial charge in [-0.3, -0.25) is 0 Å². The van der Waals surface area contributed by atoms with Crippen LogP contribution < -0.4 is 10.5 Å². The summed E-state index contributed by atoms with van der Waals surface area (Å²) in [5, 5.41) is 9.37. The maximum absolute atomic E-state index is 8.74. The Hall–Kier alpha value is -2.02. The van der Waals surface area contributed by atoms with Crippen molar-refractivity contribution in [3.63, 3.8) is 0 Å². The zero-order chi connectivity index (χ0) is 13.7. The summed E-state index contributed by atoms with van der Waals surface area (Å²) in [6.07, 6.45) is -0.304. The number of benzene rings is 2. The van der Waals surface area contributed by atoms with E-state index in [1.807, 2.05) is 24.3 Å². The van der Waals surface area contributed by atoms with E-state index in [9.17, 15) is 0 Å². The lowest BCUT2D eigenvalue weighted by atomic mass is 10.1. The van der Waals surface area contributed by atoms with Crippen LogP contribution in [0, 0.1) is 11.3 Å². The van der Waals surface area contributed by atoms with Gasteiger partial charge in [-0.25, -0.2) is 0 Å². The van der Waals surface area contributed by atoms with Crippen LogP contribution in [0.25, 0.3) is 0 Å². The van der Waals surface area contributed by atoms with Crippen LogP contribution >= 0.6 is 11.6 Å². The second-order valence-corrected chi connectivity index (χ2v) is 4.41. The van der Waals surface area contributed by atoms with Crippen molar-refractivity contribution in [2.75, 3.05) is 6.54 Å². The van der Waals surface area contributed by atoms with Crippen LogP contribution in [0.15, 0.2) is 48.5 Å². The van der Waals surface area contributed by atoms with Gasteiger partial charge in [-0.05, 0) is 30.3 Å². The maximum atomic E-state index is 8.74. The third-order valence-corrected chi connectivity index (χ3v) is 3.07. The molecule has 0 aliphatic heterocycles. The molecular weight excluding hydrogens is 260 g/mol. The highest BCUT2D eigenvalue weighted by Crippen LogP contribution is 2.26. The van der Waals surface area contributed by atoms with E-state index in [4.69, 9.17) is 27.3 Å². The molecule has 0 saturated carbocycles. The van der Waals surface area contributed by atoms with E-state index in [1.54, 1.807) is 24.3 Å². The van der Waals surface area contributed by atoms with Crippen LogP contribution in [0.5, 0.6) is 5.75 Å². The summed E-state index contributed by atoms with van der Waals surface area (Å²) < 4.78 is 5.81. The smallest absolute Gasteiger partial charge is 0.137 e. The van der Waals surface area contributed by atoms with Crippen LogP contribution in [0.2, 0.25) is 5.02 Å². The van der Waals surface area contributed by atoms with E-state index < -0.39 is 0 Å². The predicted molar refractivity (Wildman–Crippen MR) is 75.0 cm³/mol. The third kappa shape index (κ3) is 3.25. The second kappa shape index (κ2) is 6.24. The van der Waals surface area contributed by atoms with Crippen molar-refractivity contribution in [2.24, 2.45) is 5.73 Å². The minimum atomic E-state index is -0.304. The van der Waals surface area contributed by atoms with Gasteiger partial charge in [0.1, 0.15) is 11.9 Å². The Morgan fingerprint density at radius 3 is 2.42 bits per heavy atom. The molecule has 96 valence electrons. The van der Waals surface area contributed by atoms with Crippen LogP contribution in [0.4, 0.5) is 0 Å². The summed E-state index contributed by atoms with van der Waals surface area (Å²) in [5.74, 6) is 0.661. The number of nitrogens with two attached hydrogens (primary N) is 1. The lowest BCUT2D eigenvalue weighted by molar-refractivity contribution is 0.214. The Morgan fingerprint density at radius 2 is 1.84 bits per heavy atom. The highest BCUT2D eigenvalue weighted by Gasteiger charge is 2.14. The summed E-state index contributed by atoms with van der Waals surface area (Å²) in [4.78, 5) is 0. The van der Waals surface area contributed by atoms with Crippen molar-refractivity contribution in [3.8, 4) is 11.8 Å². The Labute approximate surface area is 117 Å². The van der Waals surface area contributed by atoms with Crippen molar-refractivity contribution < 1.29 is 4.74 Å². The zero-order valence-corrected chi connectivity index (χ0v) is 11.0. The summed E-state index contributed by atoms with van der Waals surface area (Å²) in [5.41, 5.74) is 7.19. The van der Waals surface area contributed by atoms with E-state index in [0.717, 1.165) is 5.56 Å². The molecule has 0 aliphatic carbocycles. The second-order valence-electron chi connectivity index (χ2n) is 4.00. The zero-order valence-electron chi connectivity index (χ0n) is 10.2. The van der Waals surface area contributed by atoms with E-state index in [1.165, 1.54) is 0 Å². The minimum absolute atomic E-state index is 0.304. The van der Waals surface area contributed by atoms with Gasteiger partial charge in [0, 0.05) is 17.1 Å². The first-order valence-electron chi connectivity index (χ1n) is 5.86. The molecule has 2 aromatic carbocycles. The molecule has 0 amide bonds. The average Bonchev–Trinajstić information content (AvgIpc) is 2.46. The van der Waals surface area contributed by atoms with Crippen molar-refractivity contribution in [1.82, 2.24) is 0 Å². The number of hydrogen-bond donors (Lipinski definition) is 1. The van der Waals surface area contributed by atoms with Crippen LogP contribution in [0.1, 0.15) is 17.2 Å². The first-order chi connectivity index (χ1) is 9.24. The molecule has 0 saturated heterocycles. The number of rotatable bonds is 4. The van der Waals surface area contributed by atoms with Crippen molar-refractivity contribution in [2.45, 2.75) is 6.10 Å². The van der Waals surface area contributed by atoms with Gasteiger partial charge in [-0.2, -0.15) is 5.26 Å². The van der Waals surface area contributed by atoms with Gasteiger partial charge < -0.3 is 10.5 Å². The lowest BCUT2D eigenvalue weighted by Crippen LogP contribution is -2.18. The van der Waals surface area contributed by atoms with E-state index in [0.29, 0.717) is 22.9 Å². The Morgan fingerprint density at radius 1 is 1.16 bits per heavy atom. The molecule has 4 heteroatoms. The molecular formula is C15H13ClN2O. The largest absolute Gasteiger partial charge is 0.484 e. The minimum Gasteiger partial charge on any atom is -0.484 e. The molecule has 19 heavy (non-hydrogen) atoms. The molecule has 0 radical (unpaired) electrons. The highest BCUT2D eigenvalue weighted by atomic mass is 35.5. The molecule has 0 aromatic heterocycles. The summed E-state index contributed by atoms with van der Waals surface area (Å²) in [6, 6.07) is 16.4. The fourth-order valence-corrected chi connectivity index (χ4v) is 2.00. The van der Waals surface area contributed by atoms with Gasteiger partial charge in [0.05, 0.1) is 11.6 Å². The fourth-order valence-electron chi connectivity index (χ4n) is 1.75. The molecule has 2 rings (SSSR count). The van der Waals surface area contributed by atoms with E-state index >= 15 is 0 Å². The van der Waals surface area contributed by atoms with Crippen LogP contribution in [-0.2, 0) is 0 Å². The molecule has 2 N–H and O–H groups in total. The number of nitrogens with zero attached hydrogens (tertiary/aromatic N) is 1. The SMILES string of the molecule is N#Cc1ccc(OC(CN)c2ccccc2Cl)cc1. The first kappa shape index (κ1) is 13.4. The highest BCUT2D eigenvalue weighted by molar-refractivity contribution is 6.31. The molecule has 0 aliphatic rings. The molecule has 3 nitrogen and oxygen atoms in total. The summed E-state index contributed by atoms with van der Waals surface area (Å²) >= 11 is 6.13. The topological polar surface area (TPSA) is 59.0 Å². The Balaban J connectivity index is 2.19. The Kier molecular flexibility index (Phi) is 4.40. The molecule has 2 aromatic rings. The van der Waals surface area contributed by atoms with Gasteiger partial charge >= 0.3 is 0 Å². The van der Waals surface area contributed by atoms with Crippen molar-refractivity contribution in [3.05, 3.63) is 64.7 Å². The van der Waals surface area contributed by atoms with Gasteiger partial charge in [0.15, 0.2) is 0 Å². The standard InChI is InChI=1S/C15H13ClN2O/c16-14-4-2-1-3-13(14)15(10-18)19-12-7-5-11(9-17)6-8-12/h1-8,15H,10,18H2. The first-order valence-corrected chi connectivity index (χ1v) is 6.23. The normalized spacial score (nSPS) is 11.6. The molecule has 0 bridgehead atoms. The number of nitriles is 1. The maximum Gasteiger partial charge on any atom is 0.137 e. The van der Waals surface area contributed by atoms with E-state index in [2.05, 4.69) is 6.07 Å². The molecule has 1 unspecified atom stereocenters. The summed E-state index contributed by atoms with van der Waals surface area (Å²) in [6.45, 7) is 0.323. The van der Waals surface area contributed by atoms with Crippen molar-refractivity contribution in [1.29, 1.82) is 5.26 Å². The number of hydrogen-bond acceptors (Lipinski definition) is 3. The van der Waals surface area contributed by atoms with E-state index in [-0.39, 0.29) is 6.10 Å². The average molecular weight is 273 g/mol. The molecule has 0 heterocycles. The number of halogens is 1. The van der Waals surface area contributed by atoms with Crippen molar-refractivity contribution >= 4 is 11.6 Å². The number of ether oxygens (including phenoxy) is 1. The van der Waals surface area contributed by atoms with Gasteiger partial charge in [0.25, 0.3) is 0 Å². The van der Waals surface area contributed by atoms with Gasteiger partial charge in [0.2, 0.25) is 0 Å². The molecule has 0 spiro atoms. The Bertz CT molecular complexity index is 590. The van der Waals surface area contributed by atoms with Crippen LogP contribution in [-0.4, -0.2) is 6.54 Å². The van der Waals surface area contributed by atoms with Gasteiger partial charge in [-0.1, -0.05) is 29.8 Å². The molecule has 0 fully saturated rings. The summed E-state index contributed by atoms with van der Waals surface area (Å²) in [7, 11) is 0. The fraction of sp³-hybridized carbons (Fsp3) is 0.133. The predicted octanol–water partition coefficient (Wildman–Crippen LogP) is 3.29. The van der Waals surface area contributed by atoms with Crippen LogP contribution in [0.3, 0.4) is 0 Å². The lowest BCUT2D eigenvalue weighted by Gasteiger charge is -2.18. The molecule has 1 atom stereocenters.